The fraction of sp³-hybridized carbons (Fsp3) is 0.125. The molecular weight excluding hydrogens is 365 g/mol. The normalized spacial score (nSPS) is 9.96. The number of anilines is 1. The third-order valence-corrected chi connectivity index (χ3v) is 3.50. The highest BCUT2D eigenvalue weighted by molar-refractivity contribution is 7.80. The van der Waals surface area contributed by atoms with Crippen molar-refractivity contribution in [3.63, 3.8) is 0 Å². The second kappa shape index (κ2) is 8.21. The summed E-state index contributed by atoms with van der Waals surface area (Å²) in [5.74, 6) is -0.901. The molecule has 8 nitrogen and oxygen atoms in total. The second-order valence-corrected chi connectivity index (χ2v) is 5.28. The molecule has 0 saturated heterocycles. The van der Waals surface area contributed by atoms with Crippen molar-refractivity contribution in [2.75, 3.05) is 19.5 Å². The third kappa shape index (κ3) is 4.22. The lowest BCUT2D eigenvalue weighted by atomic mass is 10.1. The number of carbonyl (C=O) groups excluding carboxylic acids is 1. The van der Waals surface area contributed by atoms with E-state index >= 15 is 0 Å². The maximum Gasteiger partial charge on any atom is 0.271 e. The van der Waals surface area contributed by atoms with E-state index in [4.69, 9.17) is 21.7 Å². The molecule has 2 rings (SSSR count). The molecule has 2 N–H and O–H groups in total. The van der Waals surface area contributed by atoms with Crippen LogP contribution < -0.4 is 20.1 Å². The number of hydrogen-bond donors (Lipinski definition) is 2. The summed E-state index contributed by atoms with van der Waals surface area (Å²) in [5.41, 5.74) is -0.466. The molecule has 0 radical (unpaired) electrons. The van der Waals surface area contributed by atoms with E-state index in [0.717, 1.165) is 18.2 Å². The van der Waals surface area contributed by atoms with Crippen molar-refractivity contribution >= 4 is 34.6 Å². The molecule has 2 aromatic carbocycles. The van der Waals surface area contributed by atoms with Crippen LogP contribution in [0, 0.1) is 15.9 Å². The van der Waals surface area contributed by atoms with Crippen LogP contribution in [0.15, 0.2) is 36.4 Å². The quantitative estimate of drug-likeness (QED) is 0.468. The van der Waals surface area contributed by atoms with Gasteiger partial charge in [0.1, 0.15) is 22.9 Å². The zero-order chi connectivity index (χ0) is 19.3. The number of nitro groups is 1. The monoisotopic (exact) mass is 379 g/mol. The highest BCUT2D eigenvalue weighted by atomic mass is 32.1. The number of nitro benzene ring substituents is 1. The van der Waals surface area contributed by atoms with Gasteiger partial charge in [0.15, 0.2) is 5.11 Å². The molecular formula is C16H14FN3O5S. The molecule has 0 saturated carbocycles. The van der Waals surface area contributed by atoms with E-state index in [1.165, 1.54) is 14.2 Å². The molecule has 0 fully saturated rings. The molecule has 10 heteroatoms. The third-order valence-electron chi connectivity index (χ3n) is 3.29. The molecule has 0 aliphatic rings. The lowest BCUT2D eigenvalue weighted by molar-refractivity contribution is -0.384. The number of non-ortho nitro benzene ring substituents is 1. The maximum atomic E-state index is 13.8. The van der Waals surface area contributed by atoms with Gasteiger partial charge in [-0.3, -0.25) is 20.2 Å². The predicted octanol–water partition coefficient (Wildman–Crippen LogP) is 2.88. The Morgan fingerprint density at radius 2 is 1.81 bits per heavy atom. The van der Waals surface area contributed by atoms with Crippen molar-refractivity contribution in [3.05, 3.63) is 57.9 Å². The minimum Gasteiger partial charge on any atom is -0.496 e. The van der Waals surface area contributed by atoms with Crippen molar-refractivity contribution in [2.45, 2.75) is 0 Å². The summed E-state index contributed by atoms with van der Waals surface area (Å²) >= 11 is 4.98. The summed E-state index contributed by atoms with van der Waals surface area (Å²) in [6, 6.07) is 7.68. The van der Waals surface area contributed by atoms with E-state index in [0.29, 0.717) is 0 Å². The van der Waals surface area contributed by atoms with E-state index in [1.54, 1.807) is 18.2 Å². The summed E-state index contributed by atoms with van der Waals surface area (Å²) in [5, 5.41) is 15.3. The van der Waals surface area contributed by atoms with E-state index in [-0.39, 0.29) is 33.5 Å². The van der Waals surface area contributed by atoms with Gasteiger partial charge in [-0.1, -0.05) is 6.07 Å². The van der Waals surface area contributed by atoms with Gasteiger partial charge in [-0.15, -0.1) is 0 Å². The van der Waals surface area contributed by atoms with E-state index < -0.39 is 16.6 Å². The molecule has 0 aliphatic carbocycles. The number of amides is 1. The van der Waals surface area contributed by atoms with Crippen LogP contribution in [-0.4, -0.2) is 30.2 Å². The first-order valence-electron chi connectivity index (χ1n) is 7.14. The summed E-state index contributed by atoms with van der Waals surface area (Å²) < 4.78 is 24.1. The van der Waals surface area contributed by atoms with Gasteiger partial charge in [0.2, 0.25) is 0 Å². The van der Waals surface area contributed by atoms with Crippen LogP contribution in [0.5, 0.6) is 11.5 Å². The first kappa shape index (κ1) is 19.1. The molecule has 0 unspecified atom stereocenters. The van der Waals surface area contributed by atoms with Crippen LogP contribution in [0.3, 0.4) is 0 Å². The molecule has 0 bridgehead atoms. The molecule has 0 atom stereocenters. The van der Waals surface area contributed by atoms with Crippen molar-refractivity contribution in [1.29, 1.82) is 0 Å². The Kier molecular flexibility index (Phi) is 6.02. The van der Waals surface area contributed by atoms with Crippen molar-refractivity contribution < 1.29 is 23.6 Å². The largest absolute Gasteiger partial charge is 0.496 e. The highest BCUT2D eigenvalue weighted by Gasteiger charge is 2.20. The van der Waals surface area contributed by atoms with Gasteiger partial charge in [-0.2, -0.15) is 0 Å². The van der Waals surface area contributed by atoms with E-state index in [1.807, 2.05) is 0 Å². The first-order chi connectivity index (χ1) is 12.4. The number of carbonyl (C=O) groups is 1. The Morgan fingerprint density at radius 1 is 1.19 bits per heavy atom. The minimum atomic E-state index is -0.762. The number of methoxy groups -OCH3 is 2. The zero-order valence-electron chi connectivity index (χ0n) is 13.7. The summed E-state index contributed by atoms with van der Waals surface area (Å²) in [6.45, 7) is 0. The minimum absolute atomic E-state index is 0.0983. The van der Waals surface area contributed by atoms with Gasteiger partial charge in [0.05, 0.1) is 24.8 Å². The van der Waals surface area contributed by atoms with Crippen LogP contribution in [0.4, 0.5) is 15.8 Å². The van der Waals surface area contributed by atoms with Crippen LogP contribution in [0.1, 0.15) is 10.4 Å². The van der Waals surface area contributed by atoms with Gasteiger partial charge < -0.3 is 14.8 Å². The fourth-order valence-electron chi connectivity index (χ4n) is 2.12. The van der Waals surface area contributed by atoms with Gasteiger partial charge in [-0.25, -0.2) is 4.39 Å². The van der Waals surface area contributed by atoms with Crippen LogP contribution in [0.25, 0.3) is 0 Å². The lowest BCUT2D eigenvalue weighted by Gasteiger charge is -2.14. The summed E-state index contributed by atoms with van der Waals surface area (Å²) in [6.07, 6.45) is 0. The summed E-state index contributed by atoms with van der Waals surface area (Å²) in [7, 11) is 2.78. The number of ether oxygens (including phenoxy) is 2. The van der Waals surface area contributed by atoms with Crippen LogP contribution in [0.2, 0.25) is 0 Å². The van der Waals surface area contributed by atoms with Gasteiger partial charge in [-0.05, 0) is 30.4 Å². The number of halogens is 1. The van der Waals surface area contributed by atoms with Crippen molar-refractivity contribution in [3.8, 4) is 11.5 Å². The molecule has 0 heterocycles. The molecule has 136 valence electrons. The number of hydrogen-bond acceptors (Lipinski definition) is 6. The maximum absolute atomic E-state index is 13.8. The van der Waals surface area contributed by atoms with Gasteiger partial charge in [0, 0.05) is 12.1 Å². The predicted molar refractivity (Wildman–Crippen MR) is 96.3 cm³/mol. The molecule has 2 aromatic rings. The molecule has 0 spiro atoms. The Bertz CT molecular complexity index is 853. The topological polar surface area (TPSA) is 103 Å². The summed E-state index contributed by atoms with van der Waals surface area (Å²) in [4.78, 5) is 22.6. The number of rotatable bonds is 5. The molecule has 0 aliphatic heterocycles. The van der Waals surface area contributed by atoms with Gasteiger partial charge in [0.25, 0.3) is 11.6 Å². The number of nitrogens with zero attached hydrogens (tertiary/aromatic N) is 1. The average Bonchev–Trinajstić information content (AvgIpc) is 2.62. The first-order valence-corrected chi connectivity index (χ1v) is 7.55. The molecule has 0 aromatic heterocycles. The Labute approximate surface area is 153 Å². The Morgan fingerprint density at radius 3 is 2.35 bits per heavy atom. The number of benzene rings is 2. The lowest BCUT2D eigenvalue weighted by Crippen LogP contribution is -2.34. The van der Waals surface area contributed by atoms with Gasteiger partial charge >= 0.3 is 0 Å². The van der Waals surface area contributed by atoms with E-state index in [2.05, 4.69) is 10.6 Å². The standard InChI is InChI=1S/C16H14FN3O5S/c1-24-12-4-3-5-13(25-2)14(12)15(21)19-16(26)18-11-8-9(20(22)23)6-7-10(11)17/h3-8H,1-2H3,(H2,18,19,21,26). The SMILES string of the molecule is COc1cccc(OC)c1C(=O)NC(=S)Nc1cc([N+](=O)[O-])ccc1F. The molecule has 1 amide bonds. The van der Waals surface area contributed by atoms with E-state index in [9.17, 15) is 19.3 Å². The van der Waals surface area contributed by atoms with Crippen molar-refractivity contribution in [1.82, 2.24) is 5.32 Å². The highest BCUT2D eigenvalue weighted by Crippen LogP contribution is 2.28. The number of thiocarbonyl (C=S) groups is 1. The van der Waals surface area contributed by atoms with Crippen molar-refractivity contribution in [2.24, 2.45) is 0 Å². The zero-order valence-corrected chi connectivity index (χ0v) is 14.6. The number of nitrogens with one attached hydrogen (secondary N) is 2. The second-order valence-electron chi connectivity index (χ2n) is 4.87. The molecule has 26 heavy (non-hydrogen) atoms. The van der Waals surface area contributed by atoms with Crippen LogP contribution >= 0.6 is 12.2 Å². The average molecular weight is 379 g/mol. The fourth-order valence-corrected chi connectivity index (χ4v) is 2.32. The van der Waals surface area contributed by atoms with Crippen LogP contribution in [-0.2, 0) is 0 Å². The Hall–Kier alpha value is -3.27. The smallest absolute Gasteiger partial charge is 0.271 e. The Balaban J connectivity index is 2.20.